The van der Waals surface area contributed by atoms with Gasteiger partial charge in [-0.3, -0.25) is 0 Å². The van der Waals surface area contributed by atoms with Gasteiger partial charge in [0.2, 0.25) is 0 Å². The first-order valence-corrected chi connectivity index (χ1v) is 4.94. The summed E-state index contributed by atoms with van der Waals surface area (Å²) >= 11 is 0. The molecule has 0 fully saturated rings. The van der Waals surface area contributed by atoms with Gasteiger partial charge in [-0.15, -0.1) is 0 Å². The molecule has 0 spiro atoms. The maximum atomic E-state index is 11.4. The number of carbonyl (C=O) groups is 2. The van der Waals surface area contributed by atoms with Crippen molar-refractivity contribution in [3.63, 3.8) is 0 Å². The standard InChI is InChI=1S/C11H19NO4/c1-7(9(13)15-6)8(2)12-10(14)16-11(3,4)5/h8H,1H2,2-6H3,(H,12,14)/t8-/m1/s1. The van der Waals surface area contributed by atoms with Crippen molar-refractivity contribution >= 4 is 12.1 Å². The monoisotopic (exact) mass is 229 g/mol. The van der Waals surface area contributed by atoms with E-state index in [1.807, 2.05) is 0 Å². The number of hydrogen-bond donors (Lipinski definition) is 1. The van der Waals surface area contributed by atoms with E-state index in [0.717, 1.165) is 0 Å². The first-order valence-electron chi connectivity index (χ1n) is 4.94. The van der Waals surface area contributed by atoms with Crippen LogP contribution in [0.4, 0.5) is 4.79 Å². The summed E-state index contributed by atoms with van der Waals surface area (Å²) in [5, 5.41) is 2.49. The molecule has 1 atom stereocenters. The molecule has 0 bridgehead atoms. The number of alkyl carbamates (subject to hydrolysis) is 1. The molecule has 0 aliphatic carbocycles. The van der Waals surface area contributed by atoms with Gasteiger partial charge in [0.05, 0.1) is 18.7 Å². The second-order valence-corrected chi connectivity index (χ2v) is 4.38. The second-order valence-electron chi connectivity index (χ2n) is 4.38. The number of amides is 1. The fourth-order valence-electron chi connectivity index (χ4n) is 0.879. The normalized spacial score (nSPS) is 12.6. The average Bonchev–Trinajstić information content (AvgIpc) is 2.12. The van der Waals surface area contributed by atoms with Crippen molar-refractivity contribution in [1.29, 1.82) is 0 Å². The van der Waals surface area contributed by atoms with Gasteiger partial charge in [0.1, 0.15) is 5.60 Å². The smallest absolute Gasteiger partial charge is 0.408 e. The lowest BCUT2D eigenvalue weighted by atomic mass is 10.1. The minimum atomic E-state index is -0.593. The number of rotatable bonds is 3. The second kappa shape index (κ2) is 5.53. The third-order valence-corrected chi connectivity index (χ3v) is 1.70. The highest BCUT2D eigenvalue weighted by Crippen LogP contribution is 2.08. The van der Waals surface area contributed by atoms with Crippen LogP contribution in [0, 0.1) is 0 Å². The van der Waals surface area contributed by atoms with Crippen molar-refractivity contribution in [2.75, 3.05) is 7.11 Å². The summed E-state index contributed by atoms with van der Waals surface area (Å²) in [5.74, 6) is -0.552. The summed E-state index contributed by atoms with van der Waals surface area (Å²) in [7, 11) is 1.26. The maximum Gasteiger partial charge on any atom is 0.408 e. The molecule has 0 aliphatic heterocycles. The van der Waals surface area contributed by atoms with Crippen LogP contribution >= 0.6 is 0 Å². The Labute approximate surface area is 95.8 Å². The molecule has 92 valence electrons. The quantitative estimate of drug-likeness (QED) is 0.590. The SMILES string of the molecule is C=C(C(=O)OC)[C@@H](C)NC(=O)OC(C)(C)C. The molecule has 16 heavy (non-hydrogen) atoms. The minimum Gasteiger partial charge on any atom is -0.466 e. The lowest BCUT2D eigenvalue weighted by Crippen LogP contribution is -2.39. The summed E-state index contributed by atoms with van der Waals surface area (Å²) in [6, 6.07) is -0.526. The Morgan fingerprint density at radius 3 is 2.19 bits per heavy atom. The molecule has 0 saturated heterocycles. The predicted molar refractivity (Wildman–Crippen MR) is 60.0 cm³/mol. The molecule has 0 rings (SSSR count). The number of hydrogen-bond acceptors (Lipinski definition) is 4. The van der Waals surface area contributed by atoms with Crippen LogP contribution in [0.25, 0.3) is 0 Å². The zero-order valence-corrected chi connectivity index (χ0v) is 10.4. The molecular formula is C11H19NO4. The van der Waals surface area contributed by atoms with Crippen LogP contribution in [-0.2, 0) is 14.3 Å². The minimum absolute atomic E-state index is 0.174. The Bertz CT molecular complexity index is 291. The largest absolute Gasteiger partial charge is 0.466 e. The van der Waals surface area contributed by atoms with Gasteiger partial charge in [0.25, 0.3) is 0 Å². The van der Waals surface area contributed by atoms with E-state index in [4.69, 9.17) is 4.74 Å². The van der Waals surface area contributed by atoms with Crippen molar-refractivity contribution < 1.29 is 19.1 Å². The molecule has 0 unspecified atom stereocenters. The fourth-order valence-corrected chi connectivity index (χ4v) is 0.879. The van der Waals surface area contributed by atoms with Gasteiger partial charge in [0, 0.05) is 0 Å². The predicted octanol–water partition coefficient (Wildman–Crippen LogP) is 1.63. The highest BCUT2D eigenvalue weighted by atomic mass is 16.6. The molecule has 1 N–H and O–H groups in total. The van der Waals surface area contributed by atoms with E-state index in [9.17, 15) is 9.59 Å². The van der Waals surface area contributed by atoms with E-state index in [2.05, 4.69) is 16.6 Å². The van der Waals surface area contributed by atoms with Crippen LogP contribution < -0.4 is 5.32 Å². The zero-order valence-electron chi connectivity index (χ0n) is 10.4. The van der Waals surface area contributed by atoms with E-state index in [1.165, 1.54) is 7.11 Å². The fraction of sp³-hybridized carbons (Fsp3) is 0.636. The van der Waals surface area contributed by atoms with Crippen molar-refractivity contribution in [3.8, 4) is 0 Å². The number of methoxy groups -OCH3 is 1. The third kappa shape index (κ3) is 5.38. The van der Waals surface area contributed by atoms with Crippen molar-refractivity contribution in [1.82, 2.24) is 5.32 Å². The van der Waals surface area contributed by atoms with E-state index in [0.29, 0.717) is 0 Å². The van der Waals surface area contributed by atoms with Gasteiger partial charge < -0.3 is 14.8 Å². The van der Waals surface area contributed by atoms with Crippen LogP contribution in [0.3, 0.4) is 0 Å². The number of nitrogens with one attached hydrogen (secondary N) is 1. The summed E-state index contributed by atoms with van der Waals surface area (Å²) in [5.41, 5.74) is -0.399. The van der Waals surface area contributed by atoms with Gasteiger partial charge >= 0.3 is 12.1 Å². The maximum absolute atomic E-state index is 11.4. The lowest BCUT2D eigenvalue weighted by molar-refractivity contribution is -0.136. The summed E-state index contributed by atoms with van der Waals surface area (Å²) < 4.78 is 9.51. The van der Waals surface area contributed by atoms with Crippen molar-refractivity contribution in [3.05, 3.63) is 12.2 Å². The van der Waals surface area contributed by atoms with Crippen LogP contribution in [0.2, 0.25) is 0 Å². The van der Waals surface area contributed by atoms with Gasteiger partial charge in [-0.05, 0) is 27.7 Å². The Morgan fingerprint density at radius 2 is 1.81 bits per heavy atom. The summed E-state index contributed by atoms with van der Waals surface area (Å²) in [6.45, 7) is 10.4. The van der Waals surface area contributed by atoms with E-state index in [-0.39, 0.29) is 5.57 Å². The van der Waals surface area contributed by atoms with Crippen LogP contribution in [0.1, 0.15) is 27.7 Å². The molecule has 0 aliphatic rings. The van der Waals surface area contributed by atoms with E-state index >= 15 is 0 Å². The average molecular weight is 229 g/mol. The molecule has 0 aromatic rings. The molecule has 5 heteroatoms. The molecule has 0 saturated carbocycles. The van der Waals surface area contributed by atoms with E-state index in [1.54, 1.807) is 27.7 Å². The lowest BCUT2D eigenvalue weighted by Gasteiger charge is -2.22. The third-order valence-electron chi connectivity index (χ3n) is 1.70. The number of esters is 1. The Hall–Kier alpha value is -1.52. The molecule has 5 nitrogen and oxygen atoms in total. The topological polar surface area (TPSA) is 64.6 Å². The molecule has 0 heterocycles. The van der Waals surface area contributed by atoms with Crippen LogP contribution in [0.15, 0.2) is 12.2 Å². The number of ether oxygens (including phenoxy) is 2. The van der Waals surface area contributed by atoms with Crippen molar-refractivity contribution in [2.24, 2.45) is 0 Å². The van der Waals surface area contributed by atoms with Gasteiger partial charge in [0.15, 0.2) is 0 Å². The first kappa shape index (κ1) is 14.5. The van der Waals surface area contributed by atoms with E-state index < -0.39 is 23.7 Å². The first-order chi connectivity index (χ1) is 7.17. The van der Waals surface area contributed by atoms with Gasteiger partial charge in [-0.25, -0.2) is 9.59 Å². The molecule has 0 radical (unpaired) electrons. The number of carbonyl (C=O) groups excluding carboxylic acids is 2. The highest BCUT2D eigenvalue weighted by Gasteiger charge is 2.21. The summed E-state index contributed by atoms with van der Waals surface area (Å²) in [4.78, 5) is 22.5. The molecule has 0 aromatic heterocycles. The Morgan fingerprint density at radius 1 is 1.31 bits per heavy atom. The summed E-state index contributed by atoms with van der Waals surface area (Å²) in [6.07, 6.45) is -0.593. The molecule has 1 amide bonds. The van der Waals surface area contributed by atoms with Crippen LogP contribution in [0.5, 0.6) is 0 Å². The molecule has 0 aromatic carbocycles. The van der Waals surface area contributed by atoms with Crippen LogP contribution in [-0.4, -0.2) is 30.8 Å². The Kier molecular flexibility index (Phi) is 5.01. The van der Waals surface area contributed by atoms with Crippen molar-refractivity contribution in [2.45, 2.75) is 39.3 Å². The Balaban J connectivity index is 4.25. The van der Waals surface area contributed by atoms with Gasteiger partial charge in [-0.1, -0.05) is 6.58 Å². The van der Waals surface area contributed by atoms with Gasteiger partial charge in [-0.2, -0.15) is 0 Å². The molecular weight excluding hydrogens is 210 g/mol. The zero-order chi connectivity index (χ0) is 12.9. The highest BCUT2D eigenvalue weighted by molar-refractivity contribution is 5.89.